The topological polar surface area (TPSA) is 97.3 Å². The van der Waals surface area contributed by atoms with Crippen LogP contribution in [0.3, 0.4) is 0 Å². The van der Waals surface area contributed by atoms with Crippen LogP contribution in [0.5, 0.6) is 11.5 Å². The molecule has 7 heteroatoms. The quantitative estimate of drug-likeness (QED) is 0.718. The Kier molecular flexibility index (Phi) is 6.51. The van der Waals surface area contributed by atoms with E-state index in [0.29, 0.717) is 30.3 Å². The molecule has 0 aromatic heterocycles. The van der Waals surface area contributed by atoms with Gasteiger partial charge in [-0.1, -0.05) is 36.4 Å². The fourth-order valence-corrected chi connectivity index (χ4v) is 2.66. The maximum Gasteiger partial charge on any atom is 0.407 e. The highest BCUT2D eigenvalue weighted by molar-refractivity contribution is 5.67. The van der Waals surface area contributed by atoms with Crippen LogP contribution in [0.1, 0.15) is 23.7 Å². The Morgan fingerprint density at radius 2 is 1.81 bits per heavy atom. The van der Waals surface area contributed by atoms with Gasteiger partial charge in [-0.25, -0.2) is 4.79 Å². The number of ether oxygens (including phenoxy) is 3. The Balaban J connectivity index is 1.49. The van der Waals surface area contributed by atoms with Gasteiger partial charge in [0.2, 0.25) is 0 Å². The molecule has 2 atom stereocenters. The van der Waals surface area contributed by atoms with Crippen LogP contribution in [-0.4, -0.2) is 42.2 Å². The molecule has 2 aromatic rings. The zero-order chi connectivity index (χ0) is 19.1. The number of carbonyl (C=O) groups excluding carboxylic acids is 1. The lowest BCUT2D eigenvalue weighted by Crippen LogP contribution is -2.35. The molecule has 1 amide bonds. The summed E-state index contributed by atoms with van der Waals surface area (Å²) in [6.07, 6.45) is -2.26. The van der Waals surface area contributed by atoms with E-state index in [1.54, 1.807) is 18.2 Å². The highest BCUT2D eigenvalue weighted by Gasteiger charge is 2.21. The van der Waals surface area contributed by atoms with Crippen LogP contribution in [0.15, 0.2) is 48.5 Å². The number of amides is 1. The number of hydrogen-bond donors (Lipinski definition) is 3. The normalized spacial score (nSPS) is 15.3. The van der Waals surface area contributed by atoms with Crippen LogP contribution in [0.2, 0.25) is 0 Å². The zero-order valence-corrected chi connectivity index (χ0v) is 14.8. The van der Waals surface area contributed by atoms with E-state index in [4.69, 9.17) is 14.2 Å². The van der Waals surface area contributed by atoms with Crippen LogP contribution in [0.25, 0.3) is 0 Å². The van der Waals surface area contributed by atoms with E-state index in [1.165, 1.54) is 0 Å². The van der Waals surface area contributed by atoms with Gasteiger partial charge >= 0.3 is 6.09 Å². The largest absolute Gasteiger partial charge is 0.490 e. The maximum atomic E-state index is 11.7. The number of fused-ring (bicyclic) bond motifs is 1. The Bertz CT molecular complexity index is 751. The van der Waals surface area contributed by atoms with E-state index in [0.717, 1.165) is 12.0 Å². The molecule has 0 radical (unpaired) electrons. The molecule has 1 aliphatic heterocycles. The lowest BCUT2D eigenvalue weighted by molar-refractivity contribution is 0.0182. The number of benzene rings is 2. The third-order valence-electron chi connectivity index (χ3n) is 4.15. The van der Waals surface area contributed by atoms with Crippen LogP contribution in [0, 0.1) is 0 Å². The lowest BCUT2D eigenvalue weighted by atomic mass is 10.0. The first-order valence-corrected chi connectivity index (χ1v) is 8.84. The molecule has 0 bridgehead atoms. The number of rotatable bonds is 6. The summed E-state index contributed by atoms with van der Waals surface area (Å²) in [7, 11) is 0. The van der Waals surface area contributed by atoms with Crippen molar-refractivity contribution in [1.29, 1.82) is 0 Å². The van der Waals surface area contributed by atoms with Gasteiger partial charge in [0.25, 0.3) is 0 Å². The van der Waals surface area contributed by atoms with Crippen molar-refractivity contribution in [3.63, 3.8) is 0 Å². The average molecular weight is 373 g/mol. The van der Waals surface area contributed by atoms with Crippen molar-refractivity contribution >= 4 is 6.09 Å². The third-order valence-corrected chi connectivity index (χ3v) is 4.15. The first kappa shape index (κ1) is 19.0. The second kappa shape index (κ2) is 9.25. The molecule has 2 unspecified atom stereocenters. The SMILES string of the molecule is O=C(NCC(O)C(O)c1ccc2c(c1)OCCCO2)OCc1ccccc1. The molecule has 0 saturated carbocycles. The van der Waals surface area contributed by atoms with Crippen molar-refractivity contribution in [3.05, 3.63) is 59.7 Å². The predicted molar refractivity (Wildman–Crippen MR) is 97.6 cm³/mol. The van der Waals surface area contributed by atoms with E-state index in [2.05, 4.69) is 5.32 Å². The number of aliphatic hydroxyl groups is 2. The Morgan fingerprint density at radius 1 is 1.07 bits per heavy atom. The van der Waals surface area contributed by atoms with Crippen LogP contribution < -0.4 is 14.8 Å². The summed E-state index contributed by atoms with van der Waals surface area (Å²) in [5.74, 6) is 1.15. The van der Waals surface area contributed by atoms with Crippen molar-refractivity contribution < 1.29 is 29.2 Å². The second-order valence-electron chi connectivity index (χ2n) is 6.21. The molecular formula is C20H23NO6. The van der Waals surface area contributed by atoms with Gasteiger partial charge in [0.05, 0.1) is 13.2 Å². The Labute approximate surface area is 157 Å². The van der Waals surface area contributed by atoms with E-state index >= 15 is 0 Å². The monoisotopic (exact) mass is 373 g/mol. The second-order valence-corrected chi connectivity index (χ2v) is 6.21. The number of aliphatic hydroxyl groups excluding tert-OH is 2. The molecule has 27 heavy (non-hydrogen) atoms. The van der Waals surface area contributed by atoms with Gasteiger partial charge in [-0.3, -0.25) is 0 Å². The molecule has 1 heterocycles. The van der Waals surface area contributed by atoms with Crippen LogP contribution >= 0.6 is 0 Å². The molecule has 3 N–H and O–H groups in total. The summed E-state index contributed by atoms with van der Waals surface area (Å²) < 4.78 is 16.2. The summed E-state index contributed by atoms with van der Waals surface area (Å²) in [5.41, 5.74) is 1.34. The number of carbonyl (C=O) groups is 1. The minimum Gasteiger partial charge on any atom is -0.490 e. The fraction of sp³-hybridized carbons (Fsp3) is 0.350. The third kappa shape index (κ3) is 5.35. The zero-order valence-electron chi connectivity index (χ0n) is 14.8. The summed E-state index contributed by atoms with van der Waals surface area (Å²) in [6.45, 7) is 1.09. The van der Waals surface area contributed by atoms with Gasteiger partial charge in [0.1, 0.15) is 18.8 Å². The molecule has 1 aliphatic rings. The number of hydrogen-bond acceptors (Lipinski definition) is 6. The summed E-state index contributed by atoms with van der Waals surface area (Å²) >= 11 is 0. The van der Waals surface area contributed by atoms with Gasteiger partial charge in [0.15, 0.2) is 11.5 Å². The standard InChI is InChI=1S/C20H23NO6/c22-16(12-21-20(24)27-13-14-5-2-1-3-6-14)19(23)15-7-8-17-18(11-15)26-10-4-9-25-17/h1-3,5-8,11,16,19,22-23H,4,9-10,12-13H2,(H,21,24). The molecule has 0 saturated heterocycles. The van der Waals surface area contributed by atoms with Crippen molar-refractivity contribution in [2.45, 2.75) is 25.2 Å². The minimum absolute atomic E-state index is 0.132. The van der Waals surface area contributed by atoms with Gasteiger partial charge in [0, 0.05) is 13.0 Å². The summed E-state index contributed by atoms with van der Waals surface area (Å²) in [4.78, 5) is 11.7. The average Bonchev–Trinajstić information content (AvgIpc) is 2.95. The molecule has 7 nitrogen and oxygen atoms in total. The van der Waals surface area contributed by atoms with Crippen molar-refractivity contribution in [2.24, 2.45) is 0 Å². The summed E-state index contributed by atoms with van der Waals surface area (Å²) in [5, 5.41) is 23.0. The molecule has 0 fully saturated rings. The minimum atomic E-state index is -1.20. The Morgan fingerprint density at radius 3 is 2.59 bits per heavy atom. The number of alkyl carbamates (subject to hydrolysis) is 1. The van der Waals surface area contributed by atoms with Crippen LogP contribution in [-0.2, 0) is 11.3 Å². The molecule has 144 valence electrons. The smallest absolute Gasteiger partial charge is 0.407 e. The van der Waals surface area contributed by atoms with Crippen molar-refractivity contribution in [3.8, 4) is 11.5 Å². The summed E-state index contributed by atoms with van der Waals surface area (Å²) in [6, 6.07) is 14.3. The van der Waals surface area contributed by atoms with Gasteiger partial charge in [-0.15, -0.1) is 0 Å². The van der Waals surface area contributed by atoms with E-state index in [1.807, 2.05) is 30.3 Å². The maximum absolute atomic E-state index is 11.7. The first-order valence-electron chi connectivity index (χ1n) is 8.84. The highest BCUT2D eigenvalue weighted by Crippen LogP contribution is 2.33. The fourth-order valence-electron chi connectivity index (χ4n) is 2.66. The van der Waals surface area contributed by atoms with Gasteiger partial charge in [-0.2, -0.15) is 0 Å². The van der Waals surface area contributed by atoms with Crippen molar-refractivity contribution in [2.75, 3.05) is 19.8 Å². The van der Waals surface area contributed by atoms with E-state index < -0.39 is 18.3 Å². The van der Waals surface area contributed by atoms with E-state index in [-0.39, 0.29) is 13.2 Å². The van der Waals surface area contributed by atoms with Gasteiger partial charge in [-0.05, 0) is 23.3 Å². The number of nitrogens with one attached hydrogen (secondary N) is 1. The molecule has 3 rings (SSSR count). The van der Waals surface area contributed by atoms with Crippen molar-refractivity contribution in [1.82, 2.24) is 5.32 Å². The molecule has 0 spiro atoms. The highest BCUT2D eigenvalue weighted by atomic mass is 16.5. The lowest BCUT2D eigenvalue weighted by Gasteiger charge is -2.19. The predicted octanol–water partition coefficient (Wildman–Crippen LogP) is 2.17. The Hall–Kier alpha value is -2.77. The van der Waals surface area contributed by atoms with Crippen LogP contribution in [0.4, 0.5) is 4.79 Å². The molecule has 0 aliphatic carbocycles. The van der Waals surface area contributed by atoms with Gasteiger partial charge < -0.3 is 29.7 Å². The first-order chi connectivity index (χ1) is 13.1. The van der Waals surface area contributed by atoms with E-state index in [9.17, 15) is 15.0 Å². The molecule has 2 aromatic carbocycles. The molecular weight excluding hydrogens is 350 g/mol.